The van der Waals surface area contributed by atoms with Crippen molar-refractivity contribution in [2.75, 3.05) is 12.8 Å². The maximum Gasteiger partial charge on any atom is 0.233 e. The molecule has 3 rings (SSSR count). The Hall–Kier alpha value is -2.64. The molecule has 0 radical (unpaired) electrons. The highest BCUT2D eigenvalue weighted by atomic mass is 35.5. The normalized spacial score (nSPS) is 11.1. The molecule has 0 saturated heterocycles. The monoisotopic (exact) mass is 416 g/mol. The summed E-state index contributed by atoms with van der Waals surface area (Å²) in [6, 6.07) is 14.3. The number of hydrogen-bond donors (Lipinski definition) is 1. The number of halogens is 2. The molecule has 28 heavy (non-hydrogen) atoms. The Bertz CT molecular complexity index is 957. The van der Waals surface area contributed by atoms with Gasteiger partial charge in [0.25, 0.3) is 0 Å². The SMILES string of the molecule is CN(Cc1c(F)cccc1Cl)C(=O)CSc1n[nH]c(C=Cc2ccccc2)n1. The Morgan fingerprint density at radius 3 is 2.75 bits per heavy atom. The third kappa shape index (κ3) is 5.43. The number of carbonyl (C=O) groups is 1. The first-order valence-corrected chi connectivity index (χ1v) is 9.84. The molecule has 0 aliphatic carbocycles. The quantitative estimate of drug-likeness (QED) is 0.575. The van der Waals surface area contributed by atoms with Crippen molar-refractivity contribution in [3.8, 4) is 0 Å². The van der Waals surface area contributed by atoms with Crippen LogP contribution in [0.15, 0.2) is 53.7 Å². The van der Waals surface area contributed by atoms with E-state index in [4.69, 9.17) is 11.6 Å². The summed E-state index contributed by atoms with van der Waals surface area (Å²) in [5, 5.41) is 7.69. The highest BCUT2D eigenvalue weighted by molar-refractivity contribution is 7.99. The summed E-state index contributed by atoms with van der Waals surface area (Å²) >= 11 is 7.23. The number of amides is 1. The van der Waals surface area contributed by atoms with Gasteiger partial charge < -0.3 is 4.90 Å². The molecule has 2 aromatic carbocycles. The number of H-pyrrole nitrogens is 1. The molecule has 0 aliphatic rings. The van der Waals surface area contributed by atoms with Crippen molar-refractivity contribution in [1.82, 2.24) is 20.1 Å². The zero-order chi connectivity index (χ0) is 19.9. The van der Waals surface area contributed by atoms with Gasteiger partial charge in [0, 0.05) is 24.2 Å². The van der Waals surface area contributed by atoms with E-state index in [1.54, 1.807) is 13.1 Å². The lowest BCUT2D eigenvalue weighted by Gasteiger charge is -2.18. The summed E-state index contributed by atoms with van der Waals surface area (Å²) in [7, 11) is 1.61. The predicted molar refractivity (Wildman–Crippen MR) is 110 cm³/mol. The number of nitrogens with zero attached hydrogens (tertiary/aromatic N) is 3. The molecular formula is C20H18ClFN4OS. The average molecular weight is 417 g/mol. The third-order valence-electron chi connectivity index (χ3n) is 3.92. The van der Waals surface area contributed by atoms with Crippen molar-refractivity contribution < 1.29 is 9.18 Å². The molecule has 3 aromatic rings. The average Bonchev–Trinajstić information content (AvgIpc) is 3.16. The number of rotatable bonds is 7. The summed E-state index contributed by atoms with van der Waals surface area (Å²) < 4.78 is 13.9. The molecule has 0 spiro atoms. The van der Waals surface area contributed by atoms with E-state index in [2.05, 4.69) is 15.2 Å². The number of aromatic nitrogens is 3. The molecule has 144 valence electrons. The smallest absolute Gasteiger partial charge is 0.233 e. The van der Waals surface area contributed by atoms with E-state index in [0.717, 1.165) is 5.56 Å². The molecule has 1 aromatic heterocycles. The second-order valence-electron chi connectivity index (χ2n) is 5.99. The molecule has 0 bridgehead atoms. The predicted octanol–water partition coefficient (Wildman–Crippen LogP) is 4.52. The van der Waals surface area contributed by atoms with Crippen LogP contribution in [0, 0.1) is 5.82 Å². The molecule has 1 N–H and O–H groups in total. The van der Waals surface area contributed by atoms with Gasteiger partial charge in [0.1, 0.15) is 11.6 Å². The van der Waals surface area contributed by atoms with Crippen molar-refractivity contribution in [3.05, 3.63) is 76.3 Å². The molecule has 0 aliphatic heterocycles. The fourth-order valence-corrected chi connectivity index (χ4v) is 3.35. The number of aromatic amines is 1. The van der Waals surface area contributed by atoms with Gasteiger partial charge in [-0.1, -0.05) is 65.8 Å². The van der Waals surface area contributed by atoms with Crippen molar-refractivity contribution in [1.29, 1.82) is 0 Å². The van der Waals surface area contributed by atoms with Crippen LogP contribution in [0.1, 0.15) is 17.0 Å². The van der Waals surface area contributed by atoms with E-state index in [0.29, 0.717) is 21.6 Å². The fourth-order valence-electron chi connectivity index (χ4n) is 2.38. The second-order valence-corrected chi connectivity index (χ2v) is 7.34. The van der Waals surface area contributed by atoms with Gasteiger partial charge >= 0.3 is 0 Å². The number of thioether (sulfide) groups is 1. The van der Waals surface area contributed by atoms with E-state index in [-0.39, 0.29) is 18.2 Å². The number of hydrogen-bond acceptors (Lipinski definition) is 4. The minimum atomic E-state index is -0.427. The lowest BCUT2D eigenvalue weighted by molar-refractivity contribution is -0.127. The van der Waals surface area contributed by atoms with Crippen LogP contribution in [0.3, 0.4) is 0 Å². The van der Waals surface area contributed by atoms with Gasteiger partial charge in [-0.25, -0.2) is 9.37 Å². The van der Waals surface area contributed by atoms with Crippen LogP contribution in [0.5, 0.6) is 0 Å². The lowest BCUT2D eigenvalue weighted by Crippen LogP contribution is -2.28. The molecule has 8 heteroatoms. The van der Waals surface area contributed by atoms with E-state index in [9.17, 15) is 9.18 Å². The second kappa shape index (κ2) is 9.52. The summed E-state index contributed by atoms with van der Waals surface area (Å²) in [5.41, 5.74) is 1.35. The molecule has 0 unspecified atom stereocenters. The van der Waals surface area contributed by atoms with Crippen LogP contribution in [-0.4, -0.2) is 38.8 Å². The molecule has 0 atom stereocenters. The highest BCUT2D eigenvalue weighted by Gasteiger charge is 2.15. The van der Waals surface area contributed by atoms with E-state index in [1.807, 2.05) is 42.5 Å². The Labute approximate surface area is 171 Å². The highest BCUT2D eigenvalue weighted by Crippen LogP contribution is 2.21. The van der Waals surface area contributed by atoms with E-state index < -0.39 is 5.82 Å². The summed E-state index contributed by atoms with van der Waals surface area (Å²) in [6.07, 6.45) is 3.74. The van der Waals surface area contributed by atoms with Gasteiger partial charge in [-0.3, -0.25) is 9.89 Å². The van der Waals surface area contributed by atoms with E-state index in [1.165, 1.54) is 28.8 Å². The Morgan fingerprint density at radius 2 is 2.00 bits per heavy atom. The first-order chi connectivity index (χ1) is 13.5. The van der Waals surface area contributed by atoms with Crippen LogP contribution in [0.25, 0.3) is 12.2 Å². The van der Waals surface area contributed by atoms with Crippen molar-refractivity contribution in [2.24, 2.45) is 0 Å². The maximum absolute atomic E-state index is 13.9. The molecular weight excluding hydrogens is 399 g/mol. The lowest BCUT2D eigenvalue weighted by atomic mass is 10.2. The van der Waals surface area contributed by atoms with Crippen LogP contribution in [0.4, 0.5) is 4.39 Å². The minimum Gasteiger partial charge on any atom is -0.341 e. The van der Waals surface area contributed by atoms with Gasteiger partial charge in [-0.05, 0) is 23.8 Å². The zero-order valence-electron chi connectivity index (χ0n) is 15.1. The third-order valence-corrected chi connectivity index (χ3v) is 5.11. The number of carbonyl (C=O) groups excluding carboxylic acids is 1. The molecule has 1 amide bonds. The van der Waals surface area contributed by atoms with Gasteiger partial charge in [-0.15, -0.1) is 5.10 Å². The molecule has 5 nitrogen and oxygen atoms in total. The van der Waals surface area contributed by atoms with Crippen LogP contribution in [0.2, 0.25) is 5.02 Å². The first kappa shape index (κ1) is 20.1. The zero-order valence-corrected chi connectivity index (χ0v) is 16.7. The van der Waals surface area contributed by atoms with Gasteiger partial charge in [0.05, 0.1) is 5.75 Å². The largest absolute Gasteiger partial charge is 0.341 e. The first-order valence-electron chi connectivity index (χ1n) is 8.48. The van der Waals surface area contributed by atoms with Gasteiger partial charge in [0.15, 0.2) is 0 Å². The van der Waals surface area contributed by atoms with Crippen molar-refractivity contribution in [2.45, 2.75) is 11.7 Å². The Balaban J connectivity index is 1.53. The Morgan fingerprint density at radius 1 is 1.21 bits per heavy atom. The minimum absolute atomic E-state index is 0.101. The summed E-state index contributed by atoms with van der Waals surface area (Å²) in [4.78, 5) is 18.1. The fraction of sp³-hybridized carbons (Fsp3) is 0.150. The molecule has 0 fully saturated rings. The summed E-state index contributed by atoms with van der Waals surface area (Å²) in [5.74, 6) is 0.145. The molecule has 0 saturated carbocycles. The van der Waals surface area contributed by atoms with Gasteiger partial charge in [-0.2, -0.15) is 0 Å². The van der Waals surface area contributed by atoms with Crippen LogP contribution >= 0.6 is 23.4 Å². The van der Waals surface area contributed by atoms with Gasteiger partial charge in [0.2, 0.25) is 11.1 Å². The summed E-state index contributed by atoms with van der Waals surface area (Å²) in [6.45, 7) is 0.101. The van der Waals surface area contributed by atoms with Crippen molar-refractivity contribution in [3.63, 3.8) is 0 Å². The van der Waals surface area contributed by atoms with Crippen LogP contribution < -0.4 is 0 Å². The Kier molecular flexibility index (Phi) is 6.84. The topological polar surface area (TPSA) is 61.9 Å². The maximum atomic E-state index is 13.9. The molecule has 1 heterocycles. The van der Waals surface area contributed by atoms with Crippen LogP contribution in [-0.2, 0) is 11.3 Å². The number of nitrogens with one attached hydrogen (secondary N) is 1. The van der Waals surface area contributed by atoms with E-state index >= 15 is 0 Å². The number of benzene rings is 2. The standard InChI is InChI=1S/C20H18ClFN4OS/c1-26(12-15-16(21)8-5-9-17(15)22)19(27)13-28-20-23-18(24-25-20)11-10-14-6-3-2-4-7-14/h2-11H,12-13H2,1H3,(H,23,24,25). The van der Waals surface area contributed by atoms with Crippen molar-refractivity contribution >= 4 is 41.4 Å².